The molecule has 4 heteroatoms. The van der Waals surface area contributed by atoms with E-state index in [1.165, 1.54) is 0 Å². The van der Waals surface area contributed by atoms with Crippen molar-refractivity contribution in [2.75, 3.05) is 27.4 Å². The van der Waals surface area contributed by atoms with Crippen molar-refractivity contribution in [3.05, 3.63) is 29.3 Å². The van der Waals surface area contributed by atoms with Crippen LogP contribution in [0.25, 0.3) is 0 Å². The molecule has 0 atom stereocenters. The van der Waals surface area contributed by atoms with Crippen LogP contribution in [0.4, 0.5) is 0 Å². The summed E-state index contributed by atoms with van der Waals surface area (Å²) in [5, 5.41) is 8.81. The topological polar surface area (TPSA) is 47.9 Å². The highest BCUT2D eigenvalue weighted by atomic mass is 16.5. The van der Waals surface area contributed by atoms with Crippen molar-refractivity contribution in [2.24, 2.45) is 0 Å². The zero-order chi connectivity index (χ0) is 15.7. The van der Waals surface area contributed by atoms with Crippen molar-refractivity contribution in [3.63, 3.8) is 0 Å². The zero-order valence-electron chi connectivity index (χ0n) is 13.2. The first-order chi connectivity index (χ1) is 10.0. The number of ether oxygens (including phenoxy) is 3. The molecule has 1 aromatic carbocycles. The van der Waals surface area contributed by atoms with Crippen molar-refractivity contribution in [1.82, 2.24) is 0 Å². The van der Waals surface area contributed by atoms with E-state index in [9.17, 15) is 0 Å². The van der Waals surface area contributed by atoms with E-state index in [4.69, 9.17) is 19.3 Å². The summed E-state index contributed by atoms with van der Waals surface area (Å²) in [7, 11) is 3.32. The molecule has 0 amide bonds. The zero-order valence-corrected chi connectivity index (χ0v) is 13.2. The van der Waals surface area contributed by atoms with Crippen molar-refractivity contribution >= 4 is 0 Å². The first kappa shape index (κ1) is 17.5. The summed E-state index contributed by atoms with van der Waals surface area (Å²) >= 11 is 0. The summed E-state index contributed by atoms with van der Waals surface area (Å²) in [4.78, 5) is 0. The number of benzene rings is 1. The van der Waals surface area contributed by atoms with Gasteiger partial charge < -0.3 is 19.3 Å². The molecule has 0 aliphatic carbocycles. The van der Waals surface area contributed by atoms with Crippen LogP contribution < -0.4 is 4.74 Å². The molecule has 0 aliphatic rings. The smallest absolute Gasteiger partial charge is 0.119 e. The van der Waals surface area contributed by atoms with Gasteiger partial charge in [0.1, 0.15) is 12.4 Å². The van der Waals surface area contributed by atoms with Gasteiger partial charge in [0.25, 0.3) is 0 Å². The molecule has 0 aromatic heterocycles. The number of hydrogen-bond acceptors (Lipinski definition) is 4. The van der Waals surface area contributed by atoms with Crippen molar-refractivity contribution in [1.29, 1.82) is 0 Å². The van der Waals surface area contributed by atoms with Gasteiger partial charge in [-0.25, -0.2) is 0 Å². The normalized spacial score (nSPS) is 10.9. The fourth-order valence-corrected chi connectivity index (χ4v) is 1.68. The van der Waals surface area contributed by atoms with Gasteiger partial charge in [-0.15, -0.1) is 0 Å². The molecule has 0 saturated heterocycles. The van der Waals surface area contributed by atoms with Crippen LogP contribution in [0, 0.1) is 11.8 Å². The van der Waals surface area contributed by atoms with E-state index in [1.807, 2.05) is 32.0 Å². The third-order valence-corrected chi connectivity index (χ3v) is 3.27. The maximum Gasteiger partial charge on any atom is 0.119 e. The molecule has 1 rings (SSSR count). The number of rotatable bonds is 7. The van der Waals surface area contributed by atoms with Crippen LogP contribution >= 0.6 is 0 Å². The predicted molar refractivity (Wildman–Crippen MR) is 82.3 cm³/mol. The summed E-state index contributed by atoms with van der Waals surface area (Å²) in [5.74, 6) is 6.34. The van der Waals surface area contributed by atoms with Gasteiger partial charge in [-0.05, 0) is 44.0 Å². The monoisotopic (exact) mass is 292 g/mol. The second kappa shape index (κ2) is 8.68. The van der Waals surface area contributed by atoms with Gasteiger partial charge in [0.05, 0.1) is 19.3 Å². The third kappa shape index (κ3) is 6.17. The van der Waals surface area contributed by atoms with Crippen molar-refractivity contribution in [2.45, 2.75) is 32.5 Å². The molecule has 116 valence electrons. The van der Waals surface area contributed by atoms with Gasteiger partial charge in [-0.1, -0.05) is 11.8 Å². The second-order valence-corrected chi connectivity index (χ2v) is 5.25. The average Bonchev–Trinajstić information content (AvgIpc) is 2.50. The summed E-state index contributed by atoms with van der Waals surface area (Å²) in [6.07, 6.45) is 0.811. The molecular formula is C17H24O4. The molecule has 0 unspecified atom stereocenters. The van der Waals surface area contributed by atoms with E-state index in [0.29, 0.717) is 13.2 Å². The Hall–Kier alpha value is -1.54. The lowest BCUT2D eigenvalue weighted by molar-refractivity contribution is -0.0124. The highest BCUT2D eigenvalue weighted by molar-refractivity contribution is 5.45. The van der Waals surface area contributed by atoms with Gasteiger partial charge in [0.2, 0.25) is 0 Å². The van der Waals surface area contributed by atoms with Gasteiger partial charge in [0, 0.05) is 19.3 Å². The molecular weight excluding hydrogens is 268 g/mol. The first-order valence-electron chi connectivity index (χ1n) is 6.92. The van der Waals surface area contributed by atoms with E-state index in [0.717, 1.165) is 23.3 Å². The Bertz CT molecular complexity index is 497. The maximum absolute atomic E-state index is 8.81. The fraction of sp³-hybridized carbons (Fsp3) is 0.529. The molecule has 0 radical (unpaired) electrons. The molecule has 0 spiro atoms. The molecule has 0 fully saturated rings. The highest BCUT2D eigenvalue weighted by Crippen LogP contribution is 2.19. The summed E-state index contributed by atoms with van der Waals surface area (Å²) in [6, 6.07) is 5.63. The fourth-order valence-electron chi connectivity index (χ4n) is 1.68. The first-order valence-corrected chi connectivity index (χ1v) is 6.92. The van der Waals surface area contributed by atoms with Crippen LogP contribution in [0.3, 0.4) is 0 Å². The van der Waals surface area contributed by atoms with Crippen LogP contribution in [0.15, 0.2) is 18.2 Å². The van der Waals surface area contributed by atoms with E-state index in [2.05, 4.69) is 11.8 Å². The van der Waals surface area contributed by atoms with E-state index < -0.39 is 0 Å². The van der Waals surface area contributed by atoms with Crippen LogP contribution in [-0.4, -0.2) is 38.1 Å². The Balaban J connectivity index is 2.67. The number of hydrogen-bond donors (Lipinski definition) is 1. The lowest BCUT2D eigenvalue weighted by atomic mass is 10.1. The van der Waals surface area contributed by atoms with Gasteiger partial charge >= 0.3 is 0 Å². The molecule has 0 heterocycles. The molecule has 0 saturated carbocycles. The summed E-state index contributed by atoms with van der Waals surface area (Å²) in [6.45, 7) is 4.95. The van der Waals surface area contributed by atoms with Gasteiger partial charge in [-0.3, -0.25) is 0 Å². The average molecular weight is 292 g/mol. The van der Waals surface area contributed by atoms with Crippen LogP contribution in [-0.2, 0) is 16.1 Å². The van der Waals surface area contributed by atoms with Crippen LogP contribution in [0.5, 0.6) is 5.75 Å². The lowest BCUT2D eigenvalue weighted by Crippen LogP contribution is -2.24. The van der Waals surface area contributed by atoms with Crippen LogP contribution in [0.1, 0.15) is 31.4 Å². The molecule has 1 N–H and O–H groups in total. The quantitative estimate of drug-likeness (QED) is 0.619. The number of aliphatic hydroxyl groups is 1. The highest BCUT2D eigenvalue weighted by Gasteiger charge is 2.15. The minimum absolute atomic E-state index is 0.158. The van der Waals surface area contributed by atoms with Crippen molar-refractivity contribution < 1.29 is 19.3 Å². The van der Waals surface area contributed by atoms with Gasteiger partial charge in [0.15, 0.2) is 0 Å². The maximum atomic E-state index is 8.81. The minimum Gasteiger partial charge on any atom is -0.497 e. The molecule has 0 aliphatic heterocycles. The molecule has 4 nitrogen and oxygen atoms in total. The Labute approximate surface area is 127 Å². The Morgan fingerprint density at radius 2 is 2.00 bits per heavy atom. The number of methoxy groups -OCH3 is 2. The predicted octanol–water partition coefficient (Wildman–Crippen LogP) is 2.37. The van der Waals surface area contributed by atoms with Crippen LogP contribution in [0.2, 0.25) is 0 Å². The van der Waals surface area contributed by atoms with E-state index in [1.54, 1.807) is 14.2 Å². The third-order valence-electron chi connectivity index (χ3n) is 3.27. The SMILES string of the molecule is COc1ccc(C#CCO)c(COCCC(C)(C)OC)c1. The number of aliphatic hydroxyl groups excluding tert-OH is 1. The van der Waals surface area contributed by atoms with E-state index >= 15 is 0 Å². The summed E-state index contributed by atoms with van der Waals surface area (Å²) < 4.78 is 16.3. The largest absolute Gasteiger partial charge is 0.497 e. The Kier molecular flexibility index (Phi) is 7.24. The molecule has 0 bridgehead atoms. The van der Waals surface area contributed by atoms with Gasteiger partial charge in [-0.2, -0.15) is 0 Å². The molecule has 1 aromatic rings. The second-order valence-electron chi connectivity index (χ2n) is 5.25. The summed E-state index contributed by atoms with van der Waals surface area (Å²) in [5.41, 5.74) is 1.61. The lowest BCUT2D eigenvalue weighted by Gasteiger charge is -2.22. The molecule has 21 heavy (non-hydrogen) atoms. The Morgan fingerprint density at radius 3 is 2.62 bits per heavy atom. The van der Waals surface area contributed by atoms with E-state index in [-0.39, 0.29) is 12.2 Å². The van der Waals surface area contributed by atoms with Crippen molar-refractivity contribution in [3.8, 4) is 17.6 Å². The standard InChI is InChI=1S/C17H24O4/c1-17(2,20-4)9-11-21-13-15-12-16(19-3)8-7-14(15)6-5-10-18/h7-8,12,18H,9-11,13H2,1-4H3. The minimum atomic E-state index is -0.187. The Morgan fingerprint density at radius 1 is 1.24 bits per heavy atom.